The molecule has 3 heterocycles. The van der Waals surface area contributed by atoms with Crippen molar-refractivity contribution in [1.29, 1.82) is 0 Å². The van der Waals surface area contributed by atoms with Crippen molar-refractivity contribution in [3.05, 3.63) is 18.2 Å². The van der Waals surface area contributed by atoms with Crippen molar-refractivity contribution in [3.8, 4) is 0 Å². The number of aromatic nitrogens is 2. The third kappa shape index (κ3) is 4.34. The highest BCUT2D eigenvalue weighted by molar-refractivity contribution is 5.80. The highest BCUT2D eigenvalue weighted by atomic mass is 16.2. The lowest BCUT2D eigenvalue weighted by atomic mass is 9.72. The summed E-state index contributed by atoms with van der Waals surface area (Å²) in [6, 6.07) is -0.217. The second-order valence-corrected chi connectivity index (χ2v) is 8.50. The number of carbonyl (C=O) groups excluding carboxylic acids is 2. The molecule has 2 saturated heterocycles. The number of rotatable bonds is 5. The molecule has 0 unspecified atom stereocenters. The molecular formula is C20H33N5O2. The monoisotopic (exact) mass is 375 g/mol. The van der Waals surface area contributed by atoms with Gasteiger partial charge in [0.05, 0.1) is 0 Å². The van der Waals surface area contributed by atoms with Crippen LogP contribution >= 0.6 is 0 Å². The maximum atomic E-state index is 12.9. The van der Waals surface area contributed by atoms with E-state index in [1.807, 2.05) is 48.5 Å². The summed E-state index contributed by atoms with van der Waals surface area (Å²) in [4.78, 5) is 35.6. The molecule has 0 aromatic carbocycles. The van der Waals surface area contributed by atoms with Crippen LogP contribution in [0, 0.1) is 12.3 Å². The number of carbonyl (C=O) groups is 2. The van der Waals surface area contributed by atoms with Gasteiger partial charge in [0.15, 0.2) is 0 Å². The SMILES string of the molecule is Cc1nccn1[C@@H](C)C(=O)N1CCC2(CCC(=O)N(CCN(C)C)C2)CC1. The molecule has 2 amide bonds. The molecule has 2 fully saturated rings. The number of likely N-dealkylation sites (tertiary alicyclic amines) is 2. The van der Waals surface area contributed by atoms with E-state index in [4.69, 9.17) is 0 Å². The molecule has 0 bridgehead atoms. The van der Waals surface area contributed by atoms with E-state index in [-0.39, 0.29) is 23.3 Å². The van der Waals surface area contributed by atoms with Crippen LogP contribution in [0.4, 0.5) is 0 Å². The molecule has 0 saturated carbocycles. The minimum atomic E-state index is -0.217. The quantitative estimate of drug-likeness (QED) is 0.783. The van der Waals surface area contributed by atoms with E-state index >= 15 is 0 Å². The Kier molecular flexibility index (Phi) is 5.89. The fourth-order valence-electron chi connectivity index (χ4n) is 4.42. The summed E-state index contributed by atoms with van der Waals surface area (Å²) >= 11 is 0. The van der Waals surface area contributed by atoms with Crippen LogP contribution in [-0.2, 0) is 9.59 Å². The molecule has 1 atom stereocenters. The third-order valence-corrected chi connectivity index (χ3v) is 6.34. The Hall–Kier alpha value is -1.89. The number of likely N-dealkylation sites (N-methyl/N-ethyl adjacent to an activating group) is 1. The minimum absolute atomic E-state index is 0.169. The van der Waals surface area contributed by atoms with E-state index in [0.717, 1.165) is 57.8 Å². The van der Waals surface area contributed by atoms with Crippen molar-refractivity contribution < 1.29 is 9.59 Å². The van der Waals surface area contributed by atoms with Gasteiger partial charge in [-0.3, -0.25) is 9.59 Å². The maximum absolute atomic E-state index is 12.9. The van der Waals surface area contributed by atoms with Crippen LogP contribution in [0.2, 0.25) is 0 Å². The molecule has 2 aliphatic rings. The van der Waals surface area contributed by atoms with Crippen molar-refractivity contribution >= 4 is 11.8 Å². The first-order chi connectivity index (χ1) is 12.8. The molecule has 2 aliphatic heterocycles. The number of imidazole rings is 1. The maximum Gasteiger partial charge on any atom is 0.245 e. The number of hydrogen-bond acceptors (Lipinski definition) is 4. The van der Waals surface area contributed by atoms with Crippen LogP contribution in [0.1, 0.15) is 44.5 Å². The number of aryl methyl sites for hydroxylation is 1. The molecule has 27 heavy (non-hydrogen) atoms. The lowest BCUT2D eigenvalue weighted by molar-refractivity contribution is -0.143. The number of nitrogens with zero attached hydrogens (tertiary/aromatic N) is 5. The molecule has 1 aromatic heterocycles. The lowest BCUT2D eigenvalue weighted by Crippen LogP contribution is -2.53. The molecule has 0 radical (unpaired) electrons. The standard InChI is InChI=1S/C20H33N5O2/c1-16(25-12-9-21-17(25)2)19(27)23-10-7-20(8-11-23)6-5-18(26)24(15-20)14-13-22(3)4/h9,12,16H,5-8,10-11,13-15H2,1-4H3/t16-/m0/s1. The van der Waals surface area contributed by atoms with E-state index in [2.05, 4.69) is 9.88 Å². The largest absolute Gasteiger partial charge is 0.341 e. The summed E-state index contributed by atoms with van der Waals surface area (Å²) < 4.78 is 1.94. The molecule has 0 N–H and O–H groups in total. The van der Waals surface area contributed by atoms with Crippen LogP contribution in [-0.4, -0.2) is 82.9 Å². The fourth-order valence-corrected chi connectivity index (χ4v) is 4.42. The van der Waals surface area contributed by atoms with Crippen LogP contribution in [0.3, 0.4) is 0 Å². The summed E-state index contributed by atoms with van der Waals surface area (Å²) in [5.41, 5.74) is 0.186. The summed E-state index contributed by atoms with van der Waals surface area (Å²) in [6.45, 7) is 7.98. The van der Waals surface area contributed by atoms with E-state index in [0.29, 0.717) is 6.42 Å². The van der Waals surface area contributed by atoms with Gasteiger partial charge in [-0.15, -0.1) is 0 Å². The fraction of sp³-hybridized carbons (Fsp3) is 0.750. The Bertz CT molecular complexity index is 676. The van der Waals surface area contributed by atoms with Gasteiger partial charge in [-0.1, -0.05) is 0 Å². The second-order valence-electron chi connectivity index (χ2n) is 8.50. The average Bonchev–Trinajstić information content (AvgIpc) is 3.08. The summed E-state index contributed by atoms with van der Waals surface area (Å²) in [6.07, 6.45) is 7.19. The first-order valence-corrected chi connectivity index (χ1v) is 10.0. The van der Waals surface area contributed by atoms with Crippen molar-refractivity contribution in [2.75, 3.05) is 46.8 Å². The van der Waals surface area contributed by atoms with E-state index < -0.39 is 0 Å². The molecule has 150 valence electrons. The molecular weight excluding hydrogens is 342 g/mol. The topological polar surface area (TPSA) is 61.7 Å². The molecule has 7 heteroatoms. The Labute approximate surface area is 162 Å². The van der Waals surface area contributed by atoms with E-state index in [1.165, 1.54) is 0 Å². The van der Waals surface area contributed by atoms with Gasteiger partial charge < -0.3 is 19.3 Å². The molecule has 0 aliphatic carbocycles. The molecule has 7 nitrogen and oxygen atoms in total. The Morgan fingerprint density at radius 3 is 2.59 bits per heavy atom. The van der Waals surface area contributed by atoms with Gasteiger partial charge in [-0.25, -0.2) is 4.98 Å². The second kappa shape index (κ2) is 8.00. The Balaban J connectivity index is 1.58. The average molecular weight is 376 g/mol. The Morgan fingerprint density at radius 2 is 2.00 bits per heavy atom. The predicted molar refractivity (Wildman–Crippen MR) is 104 cm³/mol. The van der Waals surface area contributed by atoms with Crippen molar-refractivity contribution in [2.24, 2.45) is 5.41 Å². The number of piperidine rings is 2. The van der Waals surface area contributed by atoms with Crippen LogP contribution in [0.15, 0.2) is 12.4 Å². The molecule has 3 rings (SSSR count). The molecule has 1 spiro atoms. The first kappa shape index (κ1) is 19.9. The molecule has 1 aromatic rings. The smallest absolute Gasteiger partial charge is 0.245 e. The van der Waals surface area contributed by atoms with Gasteiger partial charge in [0.1, 0.15) is 11.9 Å². The summed E-state index contributed by atoms with van der Waals surface area (Å²) in [5.74, 6) is 1.32. The summed E-state index contributed by atoms with van der Waals surface area (Å²) in [5, 5.41) is 0. The first-order valence-electron chi connectivity index (χ1n) is 10.0. The van der Waals surface area contributed by atoms with Crippen LogP contribution < -0.4 is 0 Å². The number of amides is 2. The zero-order chi connectivity index (χ0) is 19.6. The third-order valence-electron chi connectivity index (χ3n) is 6.34. The lowest BCUT2D eigenvalue weighted by Gasteiger charge is -2.48. The summed E-state index contributed by atoms with van der Waals surface area (Å²) in [7, 11) is 4.08. The normalized spacial score (nSPS) is 21.1. The Morgan fingerprint density at radius 1 is 1.30 bits per heavy atom. The van der Waals surface area contributed by atoms with Gasteiger partial charge in [0.2, 0.25) is 11.8 Å². The van der Waals surface area contributed by atoms with Crippen molar-refractivity contribution in [1.82, 2.24) is 24.3 Å². The minimum Gasteiger partial charge on any atom is -0.341 e. The van der Waals surface area contributed by atoms with Gasteiger partial charge >= 0.3 is 0 Å². The van der Waals surface area contributed by atoms with Gasteiger partial charge in [-0.05, 0) is 52.6 Å². The van der Waals surface area contributed by atoms with Gasteiger partial charge in [-0.2, -0.15) is 0 Å². The van der Waals surface area contributed by atoms with E-state index in [1.54, 1.807) is 6.20 Å². The van der Waals surface area contributed by atoms with Crippen molar-refractivity contribution in [3.63, 3.8) is 0 Å². The van der Waals surface area contributed by atoms with Crippen LogP contribution in [0.25, 0.3) is 0 Å². The number of hydrogen-bond donors (Lipinski definition) is 0. The van der Waals surface area contributed by atoms with Crippen molar-refractivity contribution in [2.45, 2.75) is 45.6 Å². The van der Waals surface area contributed by atoms with E-state index in [9.17, 15) is 9.59 Å². The van der Waals surface area contributed by atoms with Gasteiger partial charge in [0.25, 0.3) is 0 Å². The predicted octanol–water partition coefficient (Wildman–Crippen LogP) is 1.55. The highest BCUT2D eigenvalue weighted by Crippen LogP contribution is 2.40. The zero-order valence-electron chi connectivity index (χ0n) is 17.1. The highest BCUT2D eigenvalue weighted by Gasteiger charge is 2.42. The van der Waals surface area contributed by atoms with Gasteiger partial charge in [0, 0.05) is 51.5 Å². The zero-order valence-corrected chi connectivity index (χ0v) is 17.1. The van der Waals surface area contributed by atoms with Crippen LogP contribution in [0.5, 0.6) is 0 Å².